The summed E-state index contributed by atoms with van der Waals surface area (Å²) in [5, 5.41) is 8.18. The van der Waals surface area contributed by atoms with Crippen molar-refractivity contribution >= 4 is 16.9 Å². The molecule has 1 aromatic heterocycles. The Kier molecular flexibility index (Phi) is 8.39. The zero-order valence-corrected chi connectivity index (χ0v) is 19.8. The van der Waals surface area contributed by atoms with Gasteiger partial charge >= 0.3 is 0 Å². The molecule has 1 aliphatic rings. The number of ether oxygens (including phenoxy) is 2. The van der Waals surface area contributed by atoms with Gasteiger partial charge in [0.1, 0.15) is 0 Å². The van der Waals surface area contributed by atoms with E-state index in [9.17, 15) is 0 Å². The number of rotatable bonds is 9. The number of benzene rings is 2. The minimum absolute atomic E-state index is 0.311. The highest BCUT2D eigenvalue weighted by Crippen LogP contribution is 2.22. The number of nitrogens with zero attached hydrogens (tertiary/aromatic N) is 1. The second-order valence-electron chi connectivity index (χ2n) is 8.63. The summed E-state index contributed by atoms with van der Waals surface area (Å²) in [4.78, 5) is 8.19. The first-order valence-corrected chi connectivity index (χ1v) is 12.1. The first kappa shape index (κ1) is 23.3. The van der Waals surface area contributed by atoms with Crippen LogP contribution in [0.1, 0.15) is 42.0 Å². The molecule has 0 bridgehead atoms. The maximum Gasteiger partial charge on any atom is 0.191 e. The highest BCUT2D eigenvalue weighted by Gasteiger charge is 2.14. The van der Waals surface area contributed by atoms with Crippen molar-refractivity contribution in [2.75, 3.05) is 26.3 Å². The van der Waals surface area contributed by atoms with Crippen LogP contribution in [0, 0.1) is 6.92 Å². The lowest BCUT2D eigenvalue weighted by Gasteiger charge is -2.22. The van der Waals surface area contributed by atoms with Crippen LogP contribution in [-0.4, -0.2) is 43.4 Å². The van der Waals surface area contributed by atoms with Crippen LogP contribution in [-0.2, 0) is 29.0 Å². The summed E-state index contributed by atoms with van der Waals surface area (Å²) in [6, 6.07) is 14.9. The fourth-order valence-electron chi connectivity index (χ4n) is 4.35. The van der Waals surface area contributed by atoms with Gasteiger partial charge < -0.3 is 25.1 Å². The van der Waals surface area contributed by atoms with E-state index in [1.165, 1.54) is 33.2 Å². The van der Waals surface area contributed by atoms with E-state index in [0.29, 0.717) is 19.3 Å². The summed E-state index contributed by atoms with van der Waals surface area (Å²) in [6.07, 6.45) is 5.34. The number of guanidine groups is 1. The monoisotopic (exact) mass is 448 g/mol. The van der Waals surface area contributed by atoms with Crippen molar-refractivity contribution in [3.63, 3.8) is 0 Å². The minimum Gasteiger partial charge on any atom is -0.381 e. The van der Waals surface area contributed by atoms with Gasteiger partial charge in [0, 0.05) is 43.4 Å². The largest absolute Gasteiger partial charge is 0.381 e. The van der Waals surface area contributed by atoms with Crippen LogP contribution in [0.4, 0.5) is 0 Å². The van der Waals surface area contributed by atoms with E-state index < -0.39 is 0 Å². The molecular formula is C27H36N4O2. The molecule has 0 unspecified atom stereocenters. The number of aliphatic imine (C=N–C) groups is 1. The first-order chi connectivity index (χ1) is 16.2. The molecule has 6 nitrogen and oxygen atoms in total. The van der Waals surface area contributed by atoms with E-state index in [4.69, 9.17) is 14.5 Å². The molecule has 3 aromatic rings. The zero-order chi connectivity index (χ0) is 22.9. The molecule has 0 spiro atoms. The second kappa shape index (κ2) is 11.9. The van der Waals surface area contributed by atoms with Crippen molar-refractivity contribution in [1.82, 2.24) is 15.6 Å². The maximum absolute atomic E-state index is 6.07. The predicted molar refractivity (Wildman–Crippen MR) is 135 cm³/mol. The summed E-state index contributed by atoms with van der Waals surface area (Å²) >= 11 is 0. The standard InChI is InChI=1S/C27H36N4O2/c1-3-28-27(29-13-10-23-18-30-25-9-4-6-20(2)26(23)25)31-17-21-7-5-8-22(16-21)19-33-24-11-14-32-15-12-24/h4-9,16,18,24,30H,3,10-15,17,19H2,1-2H3,(H2,28,29,31). The topological polar surface area (TPSA) is 70.7 Å². The van der Waals surface area contributed by atoms with E-state index in [-0.39, 0.29) is 0 Å². The Balaban J connectivity index is 1.31. The summed E-state index contributed by atoms with van der Waals surface area (Å²) in [7, 11) is 0. The Hall–Kier alpha value is -2.83. The molecule has 2 aromatic carbocycles. The van der Waals surface area contributed by atoms with Gasteiger partial charge in [0.15, 0.2) is 5.96 Å². The summed E-state index contributed by atoms with van der Waals surface area (Å²) in [5.74, 6) is 0.845. The van der Waals surface area contributed by atoms with Gasteiger partial charge in [-0.2, -0.15) is 0 Å². The van der Waals surface area contributed by atoms with Crippen molar-refractivity contribution < 1.29 is 9.47 Å². The van der Waals surface area contributed by atoms with Crippen molar-refractivity contribution in [3.8, 4) is 0 Å². The molecule has 0 amide bonds. The molecule has 0 atom stereocenters. The molecule has 33 heavy (non-hydrogen) atoms. The Morgan fingerprint density at radius 2 is 1.94 bits per heavy atom. The van der Waals surface area contributed by atoms with Crippen LogP contribution in [0.5, 0.6) is 0 Å². The maximum atomic E-state index is 6.07. The third-order valence-corrected chi connectivity index (χ3v) is 6.09. The Morgan fingerprint density at radius 1 is 1.12 bits per heavy atom. The third-order valence-electron chi connectivity index (χ3n) is 6.09. The number of H-pyrrole nitrogens is 1. The van der Waals surface area contributed by atoms with Crippen molar-refractivity contribution in [3.05, 3.63) is 70.9 Å². The Labute approximate surface area is 196 Å². The highest BCUT2D eigenvalue weighted by atomic mass is 16.5. The van der Waals surface area contributed by atoms with Gasteiger partial charge in [0.2, 0.25) is 0 Å². The van der Waals surface area contributed by atoms with Crippen molar-refractivity contribution in [1.29, 1.82) is 0 Å². The zero-order valence-electron chi connectivity index (χ0n) is 19.8. The van der Waals surface area contributed by atoms with Gasteiger partial charge in [-0.15, -0.1) is 0 Å². The molecule has 176 valence electrons. The van der Waals surface area contributed by atoms with Crippen LogP contribution in [0.25, 0.3) is 10.9 Å². The second-order valence-corrected chi connectivity index (χ2v) is 8.63. The molecule has 6 heteroatoms. The molecule has 2 heterocycles. The van der Waals surface area contributed by atoms with Gasteiger partial charge in [-0.1, -0.05) is 36.4 Å². The van der Waals surface area contributed by atoms with Crippen molar-refractivity contribution in [2.24, 2.45) is 4.99 Å². The fourth-order valence-corrected chi connectivity index (χ4v) is 4.35. The van der Waals surface area contributed by atoms with Crippen LogP contribution in [0.3, 0.4) is 0 Å². The number of nitrogens with one attached hydrogen (secondary N) is 3. The van der Waals surface area contributed by atoms with Crippen LogP contribution in [0.2, 0.25) is 0 Å². The molecule has 4 rings (SSSR count). The third kappa shape index (κ3) is 6.59. The lowest BCUT2D eigenvalue weighted by Crippen LogP contribution is -2.38. The van der Waals surface area contributed by atoms with E-state index in [0.717, 1.165) is 51.5 Å². The summed E-state index contributed by atoms with van der Waals surface area (Å²) in [6.45, 7) is 8.80. The number of aromatic amines is 1. The number of hydrogen-bond donors (Lipinski definition) is 3. The molecule has 1 fully saturated rings. The molecule has 0 saturated carbocycles. The molecule has 0 aliphatic carbocycles. The van der Waals surface area contributed by atoms with Gasteiger partial charge in [0.05, 0.1) is 19.3 Å². The first-order valence-electron chi connectivity index (χ1n) is 12.1. The fraction of sp³-hybridized carbons (Fsp3) is 0.444. The number of aromatic nitrogens is 1. The summed E-state index contributed by atoms with van der Waals surface area (Å²) < 4.78 is 11.5. The molecule has 0 radical (unpaired) electrons. The van der Waals surface area contributed by atoms with Gasteiger partial charge in [-0.3, -0.25) is 0 Å². The normalized spacial score (nSPS) is 15.2. The smallest absolute Gasteiger partial charge is 0.191 e. The number of aryl methyl sites for hydroxylation is 1. The van der Waals surface area contributed by atoms with Crippen LogP contribution < -0.4 is 10.6 Å². The predicted octanol–water partition coefficient (Wildman–Crippen LogP) is 4.47. The lowest BCUT2D eigenvalue weighted by atomic mass is 10.1. The van der Waals surface area contributed by atoms with E-state index in [1.54, 1.807) is 0 Å². The van der Waals surface area contributed by atoms with E-state index in [1.807, 2.05) is 0 Å². The van der Waals surface area contributed by atoms with Crippen molar-refractivity contribution in [2.45, 2.75) is 52.4 Å². The summed E-state index contributed by atoms with van der Waals surface area (Å²) in [5.41, 5.74) is 6.23. The minimum atomic E-state index is 0.311. The molecule has 1 aliphatic heterocycles. The molecular weight excluding hydrogens is 412 g/mol. The Bertz CT molecular complexity index is 1050. The molecule has 3 N–H and O–H groups in total. The highest BCUT2D eigenvalue weighted by molar-refractivity contribution is 5.86. The van der Waals surface area contributed by atoms with E-state index in [2.05, 4.69) is 78.1 Å². The number of fused-ring (bicyclic) bond motifs is 1. The van der Waals surface area contributed by atoms with Gasteiger partial charge in [0.25, 0.3) is 0 Å². The van der Waals surface area contributed by atoms with E-state index >= 15 is 0 Å². The lowest BCUT2D eigenvalue weighted by molar-refractivity contribution is -0.0390. The van der Waals surface area contributed by atoms with Crippen LogP contribution >= 0.6 is 0 Å². The van der Waals surface area contributed by atoms with Gasteiger partial charge in [-0.05, 0) is 61.4 Å². The van der Waals surface area contributed by atoms with Crippen LogP contribution in [0.15, 0.2) is 53.7 Å². The SMILES string of the molecule is CCNC(=NCc1cccc(COC2CCOCC2)c1)NCCc1c[nH]c2cccc(C)c12. The quantitative estimate of drug-likeness (QED) is 0.334. The Morgan fingerprint density at radius 3 is 2.79 bits per heavy atom. The molecule has 1 saturated heterocycles. The average Bonchev–Trinajstić information content (AvgIpc) is 3.26. The number of hydrogen-bond acceptors (Lipinski definition) is 3. The van der Waals surface area contributed by atoms with Gasteiger partial charge in [-0.25, -0.2) is 4.99 Å². The average molecular weight is 449 g/mol.